The first-order chi connectivity index (χ1) is 15.3. The van der Waals surface area contributed by atoms with Gasteiger partial charge in [0.25, 0.3) is 0 Å². The third-order valence-electron chi connectivity index (χ3n) is 4.88. The lowest BCUT2D eigenvalue weighted by atomic mass is 9.99. The van der Waals surface area contributed by atoms with Crippen molar-refractivity contribution in [3.8, 4) is 28.3 Å². The average Bonchev–Trinajstić information content (AvgIpc) is 3.21. The Balaban J connectivity index is 1.86. The number of carbonyl (C=O) groups excluding carboxylic acids is 1. The molecule has 0 unspecified atom stereocenters. The summed E-state index contributed by atoms with van der Waals surface area (Å²) in [5.74, 6) is -0.617. The number of aromatic nitrogens is 2. The number of pyridine rings is 1. The average molecular weight is 432 g/mol. The second-order valence-electron chi connectivity index (χ2n) is 7.01. The smallest absolute Gasteiger partial charge is 0.346 e. The van der Waals surface area contributed by atoms with Gasteiger partial charge in [0.15, 0.2) is 0 Å². The molecule has 0 bridgehead atoms. The van der Waals surface area contributed by atoms with Crippen molar-refractivity contribution in [2.24, 2.45) is 0 Å². The summed E-state index contributed by atoms with van der Waals surface area (Å²) in [6.07, 6.45) is -0.421. The van der Waals surface area contributed by atoms with Crippen molar-refractivity contribution < 1.29 is 18.0 Å². The van der Waals surface area contributed by atoms with E-state index in [-0.39, 0.29) is 11.3 Å². The van der Waals surface area contributed by atoms with Crippen LogP contribution in [0.5, 0.6) is 0 Å². The zero-order valence-corrected chi connectivity index (χ0v) is 16.5. The van der Waals surface area contributed by atoms with E-state index in [1.165, 1.54) is 12.3 Å². The molecular formula is C24H15F3N4O. The van der Waals surface area contributed by atoms with Gasteiger partial charge in [-0.15, -0.1) is 0 Å². The number of nitrogens with zero attached hydrogens (tertiary/aromatic N) is 2. The fourth-order valence-electron chi connectivity index (χ4n) is 3.38. The molecule has 158 valence electrons. The van der Waals surface area contributed by atoms with E-state index in [2.05, 4.69) is 27.9 Å². The summed E-state index contributed by atoms with van der Waals surface area (Å²) in [5, 5.41) is 12.2. The lowest BCUT2D eigenvalue weighted by Crippen LogP contribution is -2.10. The quantitative estimate of drug-likeness (QED) is 0.393. The minimum absolute atomic E-state index is 0.00386. The van der Waals surface area contributed by atoms with Crippen LogP contribution in [0.3, 0.4) is 0 Å². The van der Waals surface area contributed by atoms with Gasteiger partial charge in [0, 0.05) is 34.6 Å². The number of nitrogens with one attached hydrogen (secondary N) is 2. The maximum absolute atomic E-state index is 13.5. The molecule has 4 rings (SSSR count). The van der Waals surface area contributed by atoms with E-state index in [4.69, 9.17) is 5.26 Å². The van der Waals surface area contributed by atoms with Crippen molar-refractivity contribution in [2.75, 3.05) is 5.32 Å². The highest BCUT2D eigenvalue weighted by molar-refractivity contribution is 6.00. The highest BCUT2D eigenvalue weighted by Crippen LogP contribution is 2.36. The molecule has 2 heterocycles. The molecule has 0 saturated heterocycles. The van der Waals surface area contributed by atoms with Crippen LogP contribution in [-0.4, -0.2) is 15.9 Å². The largest absolute Gasteiger partial charge is 0.416 e. The maximum Gasteiger partial charge on any atom is 0.416 e. The molecular weight excluding hydrogens is 417 g/mol. The van der Waals surface area contributed by atoms with Crippen LogP contribution in [0.1, 0.15) is 11.1 Å². The molecule has 0 fully saturated rings. The van der Waals surface area contributed by atoms with Gasteiger partial charge < -0.3 is 10.3 Å². The number of halogens is 3. The van der Waals surface area contributed by atoms with Gasteiger partial charge in [-0.2, -0.15) is 18.4 Å². The number of hydrogen-bond acceptors (Lipinski definition) is 3. The highest BCUT2D eigenvalue weighted by atomic mass is 19.4. The summed E-state index contributed by atoms with van der Waals surface area (Å²) >= 11 is 0. The SMILES string of the molecule is C=CC(=O)Nc1cc(-c2cnc3[nH]cc(-c4cccc(C#N)c4)c3c2)cc(C(F)(F)F)c1. The number of anilines is 1. The fourth-order valence-corrected chi connectivity index (χ4v) is 3.38. The predicted octanol–water partition coefficient (Wildman–Crippen LogP) is 5.91. The molecule has 0 aliphatic heterocycles. The van der Waals surface area contributed by atoms with Crippen LogP contribution in [0, 0.1) is 11.3 Å². The summed E-state index contributed by atoms with van der Waals surface area (Å²) in [4.78, 5) is 19.0. The van der Waals surface area contributed by atoms with Crippen LogP contribution in [-0.2, 0) is 11.0 Å². The zero-order valence-electron chi connectivity index (χ0n) is 16.5. The molecule has 0 spiro atoms. The number of benzene rings is 2. The second-order valence-corrected chi connectivity index (χ2v) is 7.01. The number of amides is 1. The van der Waals surface area contributed by atoms with Crippen molar-refractivity contribution in [3.63, 3.8) is 0 Å². The van der Waals surface area contributed by atoms with E-state index in [0.717, 1.165) is 29.3 Å². The van der Waals surface area contributed by atoms with E-state index >= 15 is 0 Å². The second kappa shape index (κ2) is 8.04. The number of rotatable bonds is 4. The maximum atomic E-state index is 13.5. The summed E-state index contributed by atoms with van der Waals surface area (Å²) in [7, 11) is 0. The zero-order chi connectivity index (χ0) is 22.9. The minimum atomic E-state index is -4.60. The van der Waals surface area contributed by atoms with Crippen molar-refractivity contribution in [1.82, 2.24) is 9.97 Å². The number of hydrogen-bond donors (Lipinski definition) is 2. The molecule has 2 aromatic carbocycles. The van der Waals surface area contributed by atoms with E-state index in [9.17, 15) is 18.0 Å². The Morgan fingerprint density at radius 3 is 2.66 bits per heavy atom. The molecule has 0 aliphatic rings. The topological polar surface area (TPSA) is 81.6 Å². The molecule has 2 aromatic heterocycles. The summed E-state index contributed by atoms with van der Waals surface area (Å²) in [6.45, 7) is 3.32. The van der Waals surface area contributed by atoms with Crippen LogP contribution >= 0.6 is 0 Å². The van der Waals surface area contributed by atoms with Crippen molar-refractivity contribution in [3.05, 3.63) is 84.7 Å². The minimum Gasteiger partial charge on any atom is -0.346 e. The Morgan fingerprint density at radius 1 is 1.12 bits per heavy atom. The Labute approximate surface area is 180 Å². The fraction of sp³-hybridized carbons (Fsp3) is 0.0417. The molecule has 8 heteroatoms. The first kappa shape index (κ1) is 20.9. The number of alkyl halides is 3. The number of nitriles is 1. The first-order valence-electron chi connectivity index (χ1n) is 9.42. The number of H-pyrrole nitrogens is 1. The predicted molar refractivity (Wildman–Crippen MR) is 116 cm³/mol. The third kappa shape index (κ3) is 4.09. The molecule has 32 heavy (non-hydrogen) atoms. The Morgan fingerprint density at radius 2 is 1.94 bits per heavy atom. The molecule has 2 N–H and O–H groups in total. The lowest BCUT2D eigenvalue weighted by Gasteiger charge is -2.13. The number of carbonyl (C=O) groups is 1. The van der Waals surface area contributed by atoms with Gasteiger partial charge in [-0.05, 0) is 53.6 Å². The Kier molecular flexibility index (Phi) is 5.24. The van der Waals surface area contributed by atoms with E-state index < -0.39 is 17.6 Å². The third-order valence-corrected chi connectivity index (χ3v) is 4.88. The van der Waals surface area contributed by atoms with E-state index in [0.29, 0.717) is 22.2 Å². The molecule has 1 amide bonds. The summed E-state index contributed by atoms with van der Waals surface area (Å²) in [6, 6.07) is 14.1. The van der Waals surface area contributed by atoms with Crippen LogP contribution in [0.2, 0.25) is 0 Å². The number of aromatic amines is 1. The van der Waals surface area contributed by atoms with Gasteiger partial charge in [0.05, 0.1) is 17.2 Å². The normalized spacial score (nSPS) is 11.2. The van der Waals surface area contributed by atoms with E-state index in [1.54, 1.807) is 30.5 Å². The number of fused-ring (bicyclic) bond motifs is 1. The molecule has 0 aliphatic carbocycles. The van der Waals surface area contributed by atoms with Gasteiger partial charge in [-0.3, -0.25) is 4.79 Å². The van der Waals surface area contributed by atoms with Gasteiger partial charge in [0.2, 0.25) is 5.91 Å². The lowest BCUT2D eigenvalue weighted by molar-refractivity contribution is -0.137. The molecule has 4 aromatic rings. The van der Waals surface area contributed by atoms with Crippen LogP contribution < -0.4 is 5.32 Å². The monoisotopic (exact) mass is 432 g/mol. The summed E-state index contributed by atoms with van der Waals surface area (Å²) < 4.78 is 40.4. The molecule has 0 radical (unpaired) electrons. The van der Waals surface area contributed by atoms with Gasteiger partial charge in [0.1, 0.15) is 5.65 Å². The van der Waals surface area contributed by atoms with Gasteiger partial charge >= 0.3 is 6.18 Å². The van der Waals surface area contributed by atoms with Gasteiger partial charge in [-0.25, -0.2) is 4.98 Å². The van der Waals surface area contributed by atoms with Crippen molar-refractivity contribution in [2.45, 2.75) is 6.18 Å². The highest BCUT2D eigenvalue weighted by Gasteiger charge is 2.31. The molecule has 0 atom stereocenters. The van der Waals surface area contributed by atoms with Gasteiger partial charge in [-0.1, -0.05) is 18.7 Å². The van der Waals surface area contributed by atoms with E-state index in [1.807, 2.05) is 6.07 Å². The van der Waals surface area contributed by atoms with Crippen molar-refractivity contribution in [1.29, 1.82) is 5.26 Å². The van der Waals surface area contributed by atoms with Crippen LogP contribution in [0.15, 0.2) is 73.6 Å². The standard InChI is InChI=1S/C24H15F3N4O/c1-2-22(32)31-19-8-16(7-18(10-19)24(25,26)27)17-9-20-21(13-30-23(20)29-12-17)15-5-3-4-14(6-15)11-28/h2-10,12-13H,1H2,(H,29,30)(H,31,32). The van der Waals surface area contributed by atoms with Crippen molar-refractivity contribution >= 4 is 22.6 Å². The van der Waals surface area contributed by atoms with Crippen LogP contribution in [0.4, 0.5) is 18.9 Å². The molecule has 0 saturated carbocycles. The van der Waals surface area contributed by atoms with Crippen LogP contribution in [0.25, 0.3) is 33.3 Å². The summed E-state index contributed by atoms with van der Waals surface area (Å²) in [5.41, 5.74) is 2.36. The molecule has 5 nitrogen and oxygen atoms in total. The first-order valence-corrected chi connectivity index (χ1v) is 9.42. The Bertz CT molecular complexity index is 1400. The Hall–Kier alpha value is -4.38.